The molecule has 0 spiro atoms. The number of hydrogen-bond donors (Lipinski definition) is 1. The van der Waals surface area contributed by atoms with Gasteiger partial charge in [0, 0.05) is 25.3 Å². The smallest absolute Gasteiger partial charge is 0.411 e. The molecule has 1 fully saturated rings. The van der Waals surface area contributed by atoms with E-state index in [1.807, 2.05) is 24.3 Å². The minimum atomic E-state index is -0.467. The lowest BCUT2D eigenvalue weighted by Gasteiger charge is -2.26. The second kappa shape index (κ2) is 7.67. The normalized spacial score (nSPS) is 15.6. The molecule has 20 heavy (non-hydrogen) atoms. The molecule has 1 aliphatic heterocycles. The van der Waals surface area contributed by atoms with E-state index in [0.717, 1.165) is 38.5 Å². The molecule has 1 aromatic carbocycles. The lowest BCUT2D eigenvalue weighted by atomic mass is 10.2. The van der Waals surface area contributed by atoms with Crippen molar-refractivity contribution in [3.8, 4) is 0 Å². The van der Waals surface area contributed by atoms with Crippen molar-refractivity contribution in [3.05, 3.63) is 42.5 Å². The van der Waals surface area contributed by atoms with Crippen molar-refractivity contribution in [1.82, 2.24) is 4.90 Å². The number of morpholine rings is 1. The van der Waals surface area contributed by atoms with Gasteiger partial charge >= 0.3 is 6.09 Å². The first-order valence-corrected chi connectivity index (χ1v) is 6.71. The van der Waals surface area contributed by atoms with Crippen molar-refractivity contribution >= 4 is 11.8 Å². The number of nitrogens with zero attached hydrogens (tertiary/aromatic N) is 1. The molecular formula is C15H20N2O3. The van der Waals surface area contributed by atoms with Crippen LogP contribution in [0.15, 0.2) is 36.9 Å². The Morgan fingerprint density at radius 2 is 2.05 bits per heavy atom. The summed E-state index contributed by atoms with van der Waals surface area (Å²) >= 11 is 0. The van der Waals surface area contributed by atoms with Crippen molar-refractivity contribution in [2.24, 2.45) is 0 Å². The van der Waals surface area contributed by atoms with Gasteiger partial charge in [0.05, 0.1) is 13.2 Å². The van der Waals surface area contributed by atoms with E-state index in [1.54, 1.807) is 0 Å². The fourth-order valence-corrected chi connectivity index (χ4v) is 2.00. The summed E-state index contributed by atoms with van der Waals surface area (Å²) in [6, 6.07) is 7.78. The summed E-state index contributed by atoms with van der Waals surface area (Å²) in [5.41, 5.74) is 1.95. The summed E-state index contributed by atoms with van der Waals surface area (Å²) in [7, 11) is 0. The van der Waals surface area contributed by atoms with Crippen LogP contribution in [0.4, 0.5) is 10.5 Å². The van der Waals surface area contributed by atoms with Gasteiger partial charge in [-0.15, -0.1) is 0 Å². The number of rotatable bonds is 5. The molecule has 5 nitrogen and oxygen atoms in total. The molecule has 1 saturated heterocycles. The van der Waals surface area contributed by atoms with Gasteiger partial charge in [0.2, 0.25) is 0 Å². The van der Waals surface area contributed by atoms with Crippen LogP contribution in [0.5, 0.6) is 0 Å². The van der Waals surface area contributed by atoms with E-state index >= 15 is 0 Å². The minimum Gasteiger partial charge on any atom is -0.445 e. The van der Waals surface area contributed by atoms with Gasteiger partial charge in [-0.2, -0.15) is 0 Å². The number of carbonyl (C=O) groups excluding carboxylic acids is 1. The van der Waals surface area contributed by atoms with Crippen LogP contribution in [-0.4, -0.2) is 43.9 Å². The van der Waals surface area contributed by atoms with Crippen LogP contribution in [0.25, 0.3) is 0 Å². The highest BCUT2D eigenvalue weighted by Gasteiger charge is 2.10. The fourth-order valence-electron chi connectivity index (χ4n) is 2.00. The van der Waals surface area contributed by atoms with Crippen LogP contribution < -0.4 is 5.32 Å². The molecule has 0 bridgehead atoms. The van der Waals surface area contributed by atoms with Crippen molar-refractivity contribution in [3.63, 3.8) is 0 Å². The predicted molar refractivity (Wildman–Crippen MR) is 77.7 cm³/mol. The van der Waals surface area contributed by atoms with Gasteiger partial charge in [-0.3, -0.25) is 10.2 Å². The average Bonchev–Trinajstić information content (AvgIpc) is 2.48. The largest absolute Gasteiger partial charge is 0.445 e. The quantitative estimate of drug-likeness (QED) is 0.838. The van der Waals surface area contributed by atoms with Gasteiger partial charge in [0.1, 0.15) is 6.61 Å². The number of nitrogens with one attached hydrogen (secondary N) is 1. The lowest BCUT2D eigenvalue weighted by molar-refractivity contribution is 0.0342. The third kappa shape index (κ3) is 4.68. The number of anilines is 1. The monoisotopic (exact) mass is 276 g/mol. The van der Waals surface area contributed by atoms with Crippen LogP contribution in [0, 0.1) is 0 Å². The molecule has 5 heteroatoms. The second-order valence-electron chi connectivity index (χ2n) is 4.60. The Bertz CT molecular complexity index is 439. The zero-order chi connectivity index (χ0) is 14.2. The molecule has 0 radical (unpaired) electrons. The molecule has 1 N–H and O–H groups in total. The average molecular weight is 276 g/mol. The van der Waals surface area contributed by atoms with Crippen LogP contribution in [0.1, 0.15) is 5.56 Å². The summed E-state index contributed by atoms with van der Waals surface area (Å²) in [6.45, 7) is 8.14. The molecule has 1 aliphatic rings. The van der Waals surface area contributed by atoms with Crippen molar-refractivity contribution < 1.29 is 14.3 Å². The van der Waals surface area contributed by atoms with Crippen LogP contribution in [0.2, 0.25) is 0 Å². The zero-order valence-corrected chi connectivity index (χ0v) is 11.5. The Balaban J connectivity index is 1.82. The molecule has 0 unspecified atom stereocenters. The summed E-state index contributed by atoms with van der Waals surface area (Å²) in [4.78, 5) is 13.7. The third-order valence-electron chi connectivity index (χ3n) is 3.04. The molecule has 1 aromatic rings. The molecule has 108 valence electrons. The van der Waals surface area contributed by atoms with E-state index in [9.17, 15) is 4.79 Å². The van der Waals surface area contributed by atoms with E-state index in [-0.39, 0.29) is 6.61 Å². The molecule has 0 aliphatic carbocycles. The van der Waals surface area contributed by atoms with Gasteiger partial charge in [-0.05, 0) is 17.7 Å². The summed E-state index contributed by atoms with van der Waals surface area (Å²) < 4.78 is 10.2. The first-order chi connectivity index (χ1) is 9.78. The molecular weight excluding hydrogens is 256 g/mol. The minimum absolute atomic E-state index is 0.209. The Morgan fingerprint density at radius 3 is 2.70 bits per heavy atom. The highest BCUT2D eigenvalue weighted by molar-refractivity contribution is 5.84. The Hall–Kier alpha value is -1.85. The standard InChI is InChI=1S/C15H20N2O3/c1-2-9-20-15(18)16-14-5-3-13(4-6-14)12-17-7-10-19-11-8-17/h2-6H,1,7-12H2,(H,16,18). The van der Waals surface area contributed by atoms with Gasteiger partial charge in [-0.1, -0.05) is 24.8 Å². The zero-order valence-electron chi connectivity index (χ0n) is 11.5. The Morgan fingerprint density at radius 1 is 1.35 bits per heavy atom. The first kappa shape index (κ1) is 14.6. The number of amides is 1. The van der Waals surface area contributed by atoms with E-state index in [2.05, 4.69) is 16.8 Å². The highest BCUT2D eigenvalue weighted by atomic mass is 16.5. The van der Waals surface area contributed by atoms with Gasteiger partial charge in [-0.25, -0.2) is 4.79 Å². The molecule has 0 aromatic heterocycles. The molecule has 1 heterocycles. The van der Waals surface area contributed by atoms with Gasteiger partial charge in [0.15, 0.2) is 0 Å². The predicted octanol–water partition coefficient (Wildman–Crippen LogP) is 2.25. The van der Waals surface area contributed by atoms with E-state index < -0.39 is 6.09 Å². The Kier molecular flexibility index (Phi) is 5.58. The van der Waals surface area contributed by atoms with Crippen LogP contribution in [0.3, 0.4) is 0 Å². The van der Waals surface area contributed by atoms with Crippen molar-refractivity contribution in [1.29, 1.82) is 0 Å². The summed E-state index contributed by atoms with van der Waals surface area (Å²) in [6.07, 6.45) is 1.07. The molecule has 0 atom stereocenters. The van der Waals surface area contributed by atoms with Crippen molar-refractivity contribution in [2.75, 3.05) is 38.2 Å². The maximum Gasteiger partial charge on any atom is 0.411 e. The number of carbonyl (C=O) groups is 1. The maximum absolute atomic E-state index is 11.4. The highest BCUT2D eigenvalue weighted by Crippen LogP contribution is 2.12. The molecule has 1 amide bonds. The molecule has 2 rings (SSSR count). The van der Waals surface area contributed by atoms with Gasteiger partial charge < -0.3 is 9.47 Å². The fraction of sp³-hybridized carbons (Fsp3) is 0.400. The molecule has 0 saturated carbocycles. The topological polar surface area (TPSA) is 50.8 Å². The summed E-state index contributed by atoms with van der Waals surface area (Å²) in [5.74, 6) is 0. The van der Waals surface area contributed by atoms with E-state index in [4.69, 9.17) is 9.47 Å². The van der Waals surface area contributed by atoms with Crippen LogP contribution >= 0.6 is 0 Å². The van der Waals surface area contributed by atoms with Gasteiger partial charge in [0.25, 0.3) is 0 Å². The van der Waals surface area contributed by atoms with E-state index in [1.165, 1.54) is 11.6 Å². The Labute approximate surface area is 119 Å². The lowest BCUT2D eigenvalue weighted by Crippen LogP contribution is -2.35. The number of benzene rings is 1. The van der Waals surface area contributed by atoms with Crippen LogP contribution in [-0.2, 0) is 16.0 Å². The first-order valence-electron chi connectivity index (χ1n) is 6.71. The van der Waals surface area contributed by atoms with E-state index in [0.29, 0.717) is 0 Å². The van der Waals surface area contributed by atoms with Crippen molar-refractivity contribution in [2.45, 2.75) is 6.54 Å². The number of ether oxygens (including phenoxy) is 2. The SMILES string of the molecule is C=CCOC(=O)Nc1ccc(CN2CCOCC2)cc1. The third-order valence-corrected chi connectivity index (χ3v) is 3.04. The maximum atomic E-state index is 11.4. The second-order valence-corrected chi connectivity index (χ2v) is 4.60. The number of hydrogen-bond acceptors (Lipinski definition) is 4. The summed E-state index contributed by atoms with van der Waals surface area (Å²) in [5, 5.41) is 2.67.